The lowest BCUT2D eigenvalue weighted by molar-refractivity contribution is -0.152. The molecular formula is C28H24FNO4S. The highest BCUT2D eigenvalue weighted by Gasteiger charge is 2.50. The Morgan fingerprint density at radius 2 is 1.77 bits per heavy atom. The first-order valence-corrected chi connectivity index (χ1v) is 12.5. The Morgan fingerprint density at radius 1 is 1.03 bits per heavy atom. The van der Waals surface area contributed by atoms with Gasteiger partial charge < -0.3 is 4.74 Å². The third-order valence-electron chi connectivity index (χ3n) is 6.66. The van der Waals surface area contributed by atoms with E-state index in [4.69, 9.17) is 4.74 Å². The predicted octanol–water partition coefficient (Wildman–Crippen LogP) is 5.60. The highest BCUT2D eigenvalue weighted by atomic mass is 32.1. The summed E-state index contributed by atoms with van der Waals surface area (Å²) >= 11 is 1.48. The van der Waals surface area contributed by atoms with Gasteiger partial charge in [-0.25, -0.2) is 4.39 Å². The zero-order valence-electron chi connectivity index (χ0n) is 19.1. The molecule has 1 aromatic heterocycles. The molecule has 1 amide bonds. The van der Waals surface area contributed by atoms with Crippen LogP contribution in [0.3, 0.4) is 0 Å². The molecule has 3 atom stereocenters. The van der Waals surface area contributed by atoms with Crippen LogP contribution in [0.1, 0.15) is 42.0 Å². The fraction of sp³-hybridized carbons (Fsp3) is 0.250. The number of para-hydroxylation sites is 1. The van der Waals surface area contributed by atoms with Gasteiger partial charge in [-0.1, -0.05) is 36.4 Å². The highest BCUT2D eigenvalue weighted by molar-refractivity contribution is 7.10. The number of nitrogens with zero attached hydrogens (tertiary/aromatic N) is 1. The maximum absolute atomic E-state index is 14.1. The van der Waals surface area contributed by atoms with Gasteiger partial charge in [0.15, 0.2) is 5.78 Å². The number of Topliss-reactive ketones (excluding diaryl/α,β-unsaturated/α-hetero) is 1. The lowest BCUT2D eigenvalue weighted by Gasteiger charge is -2.42. The number of amides is 1. The molecule has 0 bridgehead atoms. The van der Waals surface area contributed by atoms with Gasteiger partial charge in [-0.2, -0.15) is 0 Å². The van der Waals surface area contributed by atoms with E-state index >= 15 is 0 Å². The van der Waals surface area contributed by atoms with E-state index in [1.165, 1.54) is 23.5 Å². The Morgan fingerprint density at radius 3 is 2.43 bits per heavy atom. The van der Waals surface area contributed by atoms with Crippen molar-refractivity contribution in [1.29, 1.82) is 0 Å². The first-order chi connectivity index (χ1) is 17.0. The van der Waals surface area contributed by atoms with Gasteiger partial charge in [0.05, 0.1) is 6.61 Å². The molecule has 2 aromatic carbocycles. The van der Waals surface area contributed by atoms with E-state index < -0.39 is 29.5 Å². The minimum Gasteiger partial charge on any atom is -0.465 e. The third kappa shape index (κ3) is 4.21. The largest absolute Gasteiger partial charge is 0.465 e. The van der Waals surface area contributed by atoms with Crippen molar-refractivity contribution in [3.63, 3.8) is 0 Å². The van der Waals surface area contributed by atoms with E-state index in [0.29, 0.717) is 28.9 Å². The van der Waals surface area contributed by atoms with Crippen LogP contribution in [0, 0.1) is 11.7 Å². The molecule has 5 nitrogen and oxygen atoms in total. The molecule has 2 heterocycles. The van der Waals surface area contributed by atoms with Crippen molar-refractivity contribution in [2.75, 3.05) is 11.5 Å². The van der Waals surface area contributed by atoms with Gasteiger partial charge in [0, 0.05) is 40.1 Å². The van der Waals surface area contributed by atoms with Crippen LogP contribution in [0.15, 0.2) is 83.4 Å². The summed E-state index contributed by atoms with van der Waals surface area (Å²) in [5, 5.41) is 1.91. The maximum Gasteiger partial charge on any atom is 0.317 e. The number of thiophene rings is 1. The second-order valence-electron chi connectivity index (χ2n) is 8.65. The minimum absolute atomic E-state index is 0.0459. The van der Waals surface area contributed by atoms with E-state index in [1.54, 1.807) is 24.0 Å². The fourth-order valence-corrected chi connectivity index (χ4v) is 6.02. The average molecular weight is 490 g/mol. The molecule has 0 saturated carbocycles. The molecular weight excluding hydrogens is 465 g/mol. The Kier molecular flexibility index (Phi) is 6.34. The van der Waals surface area contributed by atoms with Crippen LogP contribution < -0.4 is 4.90 Å². The molecule has 5 rings (SSSR count). The summed E-state index contributed by atoms with van der Waals surface area (Å²) in [5.41, 5.74) is 2.39. The second-order valence-corrected chi connectivity index (χ2v) is 9.63. The van der Waals surface area contributed by atoms with Crippen LogP contribution in [-0.4, -0.2) is 24.3 Å². The molecule has 1 aliphatic carbocycles. The zero-order chi connectivity index (χ0) is 24.5. The van der Waals surface area contributed by atoms with Crippen LogP contribution in [0.2, 0.25) is 0 Å². The second kappa shape index (κ2) is 9.58. The average Bonchev–Trinajstić information content (AvgIpc) is 3.39. The smallest absolute Gasteiger partial charge is 0.317 e. The number of carbonyl (C=O) groups excluding carboxylic acids is 3. The summed E-state index contributed by atoms with van der Waals surface area (Å²) in [6.07, 6.45) is 0.383. The molecule has 0 radical (unpaired) electrons. The standard InChI is InChI=1S/C28H24FNO4S/c1-2-34-28(33)26-21(23-9-6-14-35-23)15-22-25(27(26)32)20(17-10-12-18(29)13-11-17)16-24(31)30(22)19-7-4-3-5-8-19/h3-14,20-21,26H,2,15-16H2,1H3/t20-,21+,26-/m0/s1. The summed E-state index contributed by atoms with van der Waals surface area (Å²) in [6.45, 7) is 1.88. The number of hydrogen-bond donors (Lipinski definition) is 0. The number of rotatable bonds is 5. The van der Waals surface area contributed by atoms with Crippen molar-refractivity contribution in [3.05, 3.63) is 99.6 Å². The monoisotopic (exact) mass is 489 g/mol. The number of carbonyl (C=O) groups is 3. The molecule has 0 saturated heterocycles. The zero-order valence-corrected chi connectivity index (χ0v) is 20.0. The Bertz CT molecular complexity index is 1280. The van der Waals surface area contributed by atoms with E-state index in [1.807, 2.05) is 47.8 Å². The van der Waals surface area contributed by atoms with Crippen molar-refractivity contribution in [2.24, 2.45) is 5.92 Å². The lowest BCUT2D eigenvalue weighted by Crippen LogP contribution is -2.46. The molecule has 35 heavy (non-hydrogen) atoms. The van der Waals surface area contributed by atoms with E-state index in [2.05, 4.69) is 0 Å². The first-order valence-electron chi connectivity index (χ1n) is 11.6. The van der Waals surface area contributed by atoms with E-state index in [-0.39, 0.29) is 24.7 Å². The number of allylic oxidation sites excluding steroid dienone is 2. The Hall–Kier alpha value is -3.58. The van der Waals surface area contributed by atoms with Gasteiger partial charge in [0.2, 0.25) is 5.91 Å². The van der Waals surface area contributed by atoms with Crippen molar-refractivity contribution < 1.29 is 23.5 Å². The van der Waals surface area contributed by atoms with Crippen molar-refractivity contribution in [3.8, 4) is 0 Å². The number of ketones is 1. The number of esters is 1. The topological polar surface area (TPSA) is 63.7 Å². The Labute approximate surface area is 206 Å². The summed E-state index contributed by atoms with van der Waals surface area (Å²) in [7, 11) is 0. The molecule has 1 aliphatic heterocycles. The summed E-state index contributed by atoms with van der Waals surface area (Å²) in [5.74, 6) is -3.42. The molecule has 178 valence electrons. The quantitative estimate of drug-likeness (QED) is 0.346. The molecule has 2 aliphatic rings. The Balaban J connectivity index is 1.71. The van der Waals surface area contributed by atoms with Gasteiger partial charge in [-0.05, 0) is 54.6 Å². The normalized spacial score (nSPS) is 22.2. The van der Waals surface area contributed by atoms with Gasteiger partial charge in [0.1, 0.15) is 11.7 Å². The van der Waals surface area contributed by atoms with Crippen LogP contribution in [0.4, 0.5) is 10.1 Å². The summed E-state index contributed by atoms with van der Waals surface area (Å²) in [6, 6.07) is 18.9. The van der Waals surface area contributed by atoms with Gasteiger partial charge in [-0.3, -0.25) is 19.3 Å². The minimum atomic E-state index is -0.999. The highest BCUT2D eigenvalue weighted by Crippen LogP contribution is 2.50. The molecule has 3 aromatic rings. The number of anilines is 1. The van der Waals surface area contributed by atoms with Crippen LogP contribution in [0.5, 0.6) is 0 Å². The van der Waals surface area contributed by atoms with Gasteiger partial charge in [0.25, 0.3) is 0 Å². The molecule has 0 spiro atoms. The number of hydrogen-bond acceptors (Lipinski definition) is 5. The van der Waals surface area contributed by atoms with Gasteiger partial charge in [-0.15, -0.1) is 11.3 Å². The van der Waals surface area contributed by atoms with E-state index in [9.17, 15) is 18.8 Å². The SMILES string of the molecule is CCOC(=O)[C@@H]1C(=O)C2=C(C[C@@H]1c1cccs1)N(c1ccccc1)C(=O)C[C@H]2c1ccc(F)cc1. The molecule has 0 fully saturated rings. The summed E-state index contributed by atoms with van der Waals surface area (Å²) < 4.78 is 19.0. The molecule has 7 heteroatoms. The van der Waals surface area contributed by atoms with Crippen LogP contribution in [0.25, 0.3) is 0 Å². The predicted molar refractivity (Wildman–Crippen MR) is 132 cm³/mol. The van der Waals surface area contributed by atoms with Crippen molar-refractivity contribution in [1.82, 2.24) is 0 Å². The number of ether oxygens (including phenoxy) is 1. The van der Waals surface area contributed by atoms with Crippen molar-refractivity contribution >= 4 is 34.7 Å². The number of benzene rings is 2. The van der Waals surface area contributed by atoms with Crippen LogP contribution in [-0.2, 0) is 19.1 Å². The maximum atomic E-state index is 14.1. The summed E-state index contributed by atoms with van der Waals surface area (Å²) in [4.78, 5) is 43.3. The molecule has 0 unspecified atom stereocenters. The number of halogens is 1. The van der Waals surface area contributed by atoms with Crippen molar-refractivity contribution in [2.45, 2.75) is 31.6 Å². The van der Waals surface area contributed by atoms with Gasteiger partial charge >= 0.3 is 5.97 Å². The molecule has 0 N–H and O–H groups in total. The van der Waals surface area contributed by atoms with Crippen LogP contribution >= 0.6 is 11.3 Å². The third-order valence-corrected chi connectivity index (χ3v) is 7.66. The lowest BCUT2D eigenvalue weighted by atomic mass is 9.69. The fourth-order valence-electron chi connectivity index (χ4n) is 5.16. The van der Waals surface area contributed by atoms with E-state index in [0.717, 1.165) is 4.88 Å². The first kappa shape index (κ1) is 23.2.